The number of carbonyl (C=O) groups is 2. The number of aliphatic hydroxyl groups excluding tert-OH is 1. The number of hydrogen-bond acceptors (Lipinski definition) is 6. The largest absolute Gasteiger partial charge is 0.466 e. The maximum atomic E-state index is 12.8. The number of methoxy groups -OCH3 is 1. The average Bonchev–Trinajstić information content (AvgIpc) is 3.30. The molecule has 3 aromatic rings. The van der Waals surface area contributed by atoms with Gasteiger partial charge in [-0.1, -0.05) is 24.3 Å². The van der Waals surface area contributed by atoms with Crippen molar-refractivity contribution < 1.29 is 19.4 Å². The molecule has 1 aromatic heterocycles. The number of ether oxygens (including phenoxy) is 1. The van der Waals surface area contributed by atoms with Crippen LogP contribution in [0.5, 0.6) is 0 Å². The molecule has 2 aromatic carbocycles. The highest BCUT2D eigenvalue weighted by atomic mass is 16.5. The minimum Gasteiger partial charge on any atom is -0.466 e. The van der Waals surface area contributed by atoms with Crippen molar-refractivity contribution in [3.63, 3.8) is 0 Å². The number of nitrogens with one attached hydrogen (secondary N) is 2. The predicted molar refractivity (Wildman–Crippen MR) is 108 cm³/mol. The number of aliphatic hydroxyl groups is 1. The Hall–Kier alpha value is -3.65. The lowest BCUT2D eigenvalue weighted by Crippen LogP contribution is -2.31. The molecule has 1 aliphatic rings. The van der Waals surface area contributed by atoms with Crippen LogP contribution in [0.2, 0.25) is 0 Å². The fraction of sp³-hybridized carbons (Fsp3) is 0.190. The minimum atomic E-state index is -0.581. The first-order valence-corrected chi connectivity index (χ1v) is 9.15. The number of aromatic nitrogens is 2. The van der Waals surface area contributed by atoms with E-state index in [0.717, 1.165) is 16.6 Å². The molecule has 4 rings (SSSR count). The predicted octanol–water partition coefficient (Wildman–Crippen LogP) is 1.90. The molecule has 8 nitrogen and oxygen atoms in total. The van der Waals surface area contributed by atoms with Crippen molar-refractivity contribution >= 4 is 28.6 Å². The molecule has 0 spiro atoms. The fourth-order valence-corrected chi connectivity index (χ4v) is 3.36. The third kappa shape index (κ3) is 3.45. The van der Waals surface area contributed by atoms with Crippen LogP contribution in [0.3, 0.4) is 0 Å². The lowest BCUT2D eigenvalue weighted by Gasteiger charge is -2.15. The molecular formula is C21H20N4O4. The summed E-state index contributed by atoms with van der Waals surface area (Å²) in [5.74, 6) is -0.298. The van der Waals surface area contributed by atoms with E-state index in [9.17, 15) is 14.7 Å². The van der Waals surface area contributed by atoms with Gasteiger partial charge in [0.05, 0.1) is 36.9 Å². The SMILES string of the molecule is COC(=O)C1=C(Nc2ccccc2-c2nc3ccccc3[nH]2)C(=O)N(CCO)C1. The zero-order valence-corrected chi connectivity index (χ0v) is 15.8. The van der Waals surface area contributed by atoms with Gasteiger partial charge in [-0.25, -0.2) is 9.78 Å². The number of H-pyrrole nitrogens is 1. The van der Waals surface area contributed by atoms with Gasteiger partial charge in [-0.15, -0.1) is 0 Å². The van der Waals surface area contributed by atoms with Gasteiger partial charge >= 0.3 is 5.97 Å². The topological polar surface area (TPSA) is 108 Å². The highest BCUT2D eigenvalue weighted by Crippen LogP contribution is 2.30. The van der Waals surface area contributed by atoms with E-state index in [4.69, 9.17) is 4.74 Å². The van der Waals surface area contributed by atoms with Crippen molar-refractivity contribution in [2.24, 2.45) is 0 Å². The van der Waals surface area contributed by atoms with E-state index in [2.05, 4.69) is 15.3 Å². The van der Waals surface area contributed by atoms with Gasteiger partial charge in [0.25, 0.3) is 5.91 Å². The number of aromatic amines is 1. The summed E-state index contributed by atoms with van der Waals surface area (Å²) in [7, 11) is 1.27. The number of fused-ring (bicyclic) bond motifs is 1. The quantitative estimate of drug-likeness (QED) is 0.553. The lowest BCUT2D eigenvalue weighted by molar-refractivity contribution is -0.136. The number of carbonyl (C=O) groups excluding carboxylic acids is 2. The van der Waals surface area contributed by atoms with Gasteiger partial charge in [-0.05, 0) is 24.3 Å². The summed E-state index contributed by atoms with van der Waals surface area (Å²) in [6.45, 7) is 0.0278. The summed E-state index contributed by atoms with van der Waals surface area (Å²) in [6.07, 6.45) is 0. The summed E-state index contributed by atoms with van der Waals surface area (Å²) in [6, 6.07) is 15.1. The fourth-order valence-electron chi connectivity index (χ4n) is 3.36. The molecule has 1 amide bonds. The van der Waals surface area contributed by atoms with Gasteiger partial charge in [-0.3, -0.25) is 4.79 Å². The first-order valence-electron chi connectivity index (χ1n) is 9.15. The molecule has 0 saturated heterocycles. The van der Waals surface area contributed by atoms with Crippen molar-refractivity contribution in [1.82, 2.24) is 14.9 Å². The van der Waals surface area contributed by atoms with E-state index >= 15 is 0 Å². The van der Waals surface area contributed by atoms with Crippen LogP contribution in [0, 0.1) is 0 Å². The number of esters is 1. The van der Waals surface area contributed by atoms with Gasteiger partial charge < -0.3 is 25.0 Å². The van der Waals surface area contributed by atoms with E-state index in [0.29, 0.717) is 11.5 Å². The number of imidazole rings is 1. The number of anilines is 1. The Kier molecular flexibility index (Phi) is 5.01. The Balaban J connectivity index is 1.74. The highest BCUT2D eigenvalue weighted by molar-refractivity contribution is 6.09. The molecule has 0 unspecified atom stereocenters. The molecule has 2 heterocycles. The minimum absolute atomic E-state index is 0.0845. The standard InChI is InChI=1S/C21H20N4O4/c1-29-21(28)14-12-25(10-11-26)20(27)18(14)22-15-7-3-2-6-13(15)19-23-16-8-4-5-9-17(16)24-19/h2-9,22,26H,10-12H2,1H3,(H,23,24). The lowest BCUT2D eigenvalue weighted by atomic mass is 10.1. The summed E-state index contributed by atoms with van der Waals surface area (Å²) in [5, 5.41) is 12.3. The first-order chi connectivity index (χ1) is 14.1. The number of rotatable bonds is 6. The molecule has 1 aliphatic heterocycles. The highest BCUT2D eigenvalue weighted by Gasteiger charge is 2.34. The van der Waals surface area contributed by atoms with Crippen LogP contribution in [0.1, 0.15) is 0 Å². The summed E-state index contributed by atoms with van der Waals surface area (Å²) < 4.78 is 4.83. The van der Waals surface area contributed by atoms with Crippen LogP contribution in [-0.2, 0) is 14.3 Å². The van der Waals surface area contributed by atoms with E-state index in [1.807, 2.05) is 48.5 Å². The zero-order valence-electron chi connectivity index (χ0n) is 15.8. The zero-order chi connectivity index (χ0) is 20.4. The number of amides is 1. The van der Waals surface area contributed by atoms with Crippen LogP contribution in [0.4, 0.5) is 5.69 Å². The molecule has 8 heteroatoms. The monoisotopic (exact) mass is 392 g/mol. The molecule has 0 atom stereocenters. The number of benzene rings is 2. The molecule has 0 bridgehead atoms. The van der Waals surface area contributed by atoms with E-state index in [1.165, 1.54) is 12.0 Å². The van der Waals surface area contributed by atoms with Crippen LogP contribution in [0.15, 0.2) is 59.8 Å². The Morgan fingerprint density at radius 1 is 1.24 bits per heavy atom. The van der Waals surface area contributed by atoms with Crippen molar-refractivity contribution in [3.05, 3.63) is 59.8 Å². The van der Waals surface area contributed by atoms with E-state index < -0.39 is 5.97 Å². The molecular weight excluding hydrogens is 372 g/mol. The smallest absolute Gasteiger partial charge is 0.337 e. The van der Waals surface area contributed by atoms with Crippen LogP contribution < -0.4 is 5.32 Å². The molecule has 3 N–H and O–H groups in total. The van der Waals surface area contributed by atoms with E-state index in [1.54, 1.807) is 0 Å². The Labute approximate surface area is 166 Å². The Morgan fingerprint density at radius 3 is 2.76 bits per heavy atom. The van der Waals surface area contributed by atoms with Crippen molar-refractivity contribution in [2.45, 2.75) is 0 Å². The van der Waals surface area contributed by atoms with Gasteiger partial charge in [0.2, 0.25) is 0 Å². The van der Waals surface area contributed by atoms with Gasteiger partial charge in [0.15, 0.2) is 0 Å². The first kappa shape index (κ1) is 18.7. The number of hydrogen-bond donors (Lipinski definition) is 3. The Morgan fingerprint density at radius 2 is 2.00 bits per heavy atom. The van der Waals surface area contributed by atoms with Crippen molar-refractivity contribution in [3.8, 4) is 11.4 Å². The van der Waals surface area contributed by atoms with Crippen molar-refractivity contribution in [2.75, 3.05) is 32.1 Å². The normalized spacial score (nSPS) is 14.0. The molecule has 0 radical (unpaired) electrons. The third-order valence-electron chi connectivity index (χ3n) is 4.78. The van der Waals surface area contributed by atoms with Crippen LogP contribution >= 0.6 is 0 Å². The van der Waals surface area contributed by atoms with Gasteiger partial charge in [0, 0.05) is 17.8 Å². The van der Waals surface area contributed by atoms with E-state index in [-0.39, 0.29) is 36.9 Å². The second kappa shape index (κ2) is 7.76. The average molecular weight is 392 g/mol. The maximum absolute atomic E-state index is 12.8. The number of β-amino-alcohol motifs (C(OH)–C–C–N with tert-alkyl or cyclic N) is 1. The number of para-hydroxylation sites is 3. The van der Waals surface area contributed by atoms with Gasteiger partial charge in [0.1, 0.15) is 11.5 Å². The molecule has 29 heavy (non-hydrogen) atoms. The number of nitrogens with zero attached hydrogens (tertiary/aromatic N) is 2. The van der Waals surface area contributed by atoms with Gasteiger partial charge in [-0.2, -0.15) is 0 Å². The molecule has 0 aliphatic carbocycles. The second-order valence-corrected chi connectivity index (χ2v) is 6.57. The Bertz CT molecular complexity index is 1090. The summed E-state index contributed by atoms with van der Waals surface area (Å²) in [4.78, 5) is 34.3. The van der Waals surface area contributed by atoms with Crippen LogP contribution in [-0.4, -0.2) is 58.7 Å². The summed E-state index contributed by atoms with van der Waals surface area (Å²) >= 11 is 0. The van der Waals surface area contributed by atoms with Crippen molar-refractivity contribution in [1.29, 1.82) is 0 Å². The maximum Gasteiger partial charge on any atom is 0.337 e. The summed E-state index contributed by atoms with van der Waals surface area (Å²) in [5.41, 5.74) is 3.49. The molecule has 148 valence electrons. The van der Waals surface area contributed by atoms with Crippen LogP contribution in [0.25, 0.3) is 22.4 Å². The third-order valence-corrected chi connectivity index (χ3v) is 4.78. The second-order valence-electron chi connectivity index (χ2n) is 6.57. The molecule has 0 saturated carbocycles. The molecule has 0 fully saturated rings.